The maximum absolute atomic E-state index is 5.80. The molecular weight excluding hydrogens is 266 g/mol. The van der Waals surface area contributed by atoms with Gasteiger partial charge in [-0.05, 0) is 42.8 Å². The van der Waals surface area contributed by atoms with Crippen molar-refractivity contribution in [1.82, 2.24) is 5.32 Å². The number of aryl methyl sites for hydroxylation is 1. The van der Waals surface area contributed by atoms with Crippen LogP contribution in [0.15, 0.2) is 34.7 Å². The van der Waals surface area contributed by atoms with Crippen LogP contribution in [0, 0.1) is 6.92 Å². The minimum atomic E-state index is 0.434. The van der Waals surface area contributed by atoms with Gasteiger partial charge in [0.15, 0.2) is 0 Å². The molecular formula is C17H23NO3. The number of hydrogen-bond donors (Lipinski definition) is 1. The molecule has 4 nitrogen and oxygen atoms in total. The first-order valence-electron chi connectivity index (χ1n) is 7.22. The van der Waals surface area contributed by atoms with E-state index in [4.69, 9.17) is 13.9 Å². The summed E-state index contributed by atoms with van der Waals surface area (Å²) in [5.41, 5.74) is 2.25. The molecule has 0 saturated carbocycles. The molecule has 21 heavy (non-hydrogen) atoms. The summed E-state index contributed by atoms with van der Waals surface area (Å²) >= 11 is 0. The second kappa shape index (κ2) is 7.86. The van der Waals surface area contributed by atoms with Crippen LogP contribution in [0.4, 0.5) is 0 Å². The molecule has 4 heteroatoms. The Kier molecular flexibility index (Phi) is 5.84. The van der Waals surface area contributed by atoms with Crippen LogP contribution in [0.3, 0.4) is 0 Å². The minimum absolute atomic E-state index is 0.434. The molecule has 1 aromatic heterocycles. The maximum atomic E-state index is 5.80. The molecule has 0 aliphatic rings. The molecule has 0 radical (unpaired) electrons. The Bertz CT molecular complexity index is 563. The highest BCUT2D eigenvalue weighted by Crippen LogP contribution is 2.19. The van der Waals surface area contributed by atoms with Gasteiger partial charge >= 0.3 is 0 Å². The molecule has 0 atom stereocenters. The quantitative estimate of drug-likeness (QED) is 0.808. The molecule has 114 valence electrons. The first-order valence-corrected chi connectivity index (χ1v) is 7.22. The normalized spacial score (nSPS) is 10.8. The van der Waals surface area contributed by atoms with Gasteiger partial charge < -0.3 is 19.2 Å². The van der Waals surface area contributed by atoms with E-state index < -0.39 is 0 Å². The second-order valence-corrected chi connectivity index (χ2v) is 4.97. The molecule has 0 saturated heterocycles. The van der Waals surface area contributed by atoms with Crippen molar-refractivity contribution >= 4 is 0 Å². The van der Waals surface area contributed by atoms with Gasteiger partial charge in [0.2, 0.25) is 0 Å². The summed E-state index contributed by atoms with van der Waals surface area (Å²) in [6, 6.07) is 9.94. The number of hydrogen-bond acceptors (Lipinski definition) is 4. The van der Waals surface area contributed by atoms with Gasteiger partial charge in [0.05, 0.1) is 13.2 Å². The van der Waals surface area contributed by atoms with E-state index in [1.165, 1.54) is 0 Å². The molecule has 0 aliphatic carbocycles. The molecule has 0 aliphatic heterocycles. The zero-order valence-electron chi connectivity index (χ0n) is 12.9. The van der Waals surface area contributed by atoms with Gasteiger partial charge in [0.1, 0.15) is 23.9 Å². The first-order chi connectivity index (χ1) is 10.2. The lowest BCUT2D eigenvalue weighted by atomic mass is 10.2. The third-order valence-corrected chi connectivity index (χ3v) is 3.20. The smallest absolute Gasteiger partial charge is 0.146 e. The van der Waals surface area contributed by atoms with Crippen molar-refractivity contribution < 1.29 is 13.9 Å². The highest BCUT2D eigenvalue weighted by atomic mass is 16.5. The third kappa shape index (κ3) is 4.62. The Morgan fingerprint density at radius 1 is 1.19 bits per heavy atom. The summed E-state index contributed by atoms with van der Waals surface area (Å²) in [7, 11) is 1.69. The van der Waals surface area contributed by atoms with Crippen LogP contribution in [-0.4, -0.2) is 13.7 Å². The van der Waals surface area contributed by atoms with E-state index in [0.29, 0.717) is 13.2 Å². The zero-order chi connectivity index (χ0) is 15.1. The Labute approximate surface area is 126 Å². The van der Waals surface area contributed by atoms with E-state index >= 15 is 0 Å². The highest BCUT2D eigenvalue weighted by Gasteiger charge is 2.08. The van der Waals surface area contributed by atoms with Crippen LogP contribution in [0.1, 0.15) is 29.6 Å². The Morgan fingerprint density at radius 3 is 2.81 bits per heavy atom. The van der Waals surface area contributed by atoms with E-state index in [1.807, 2.05) is 30.3 Å². The highest BCUT2D eigenvalue weighted by molar-refractivity contribution is 5.28. The minimum Gasteiger partial charge on any atom is -0.486 e. The topological polar surface area (TPSA) is 43.6 Å². The fourth-order valence-corrected chi connectivity index (χ4v) is 2.12. The van der Waals surface area contributed by atoms with Gasteiger partial charge in [-0.3, -0.25) is 0 Å². The Morgan fingerprint density at radius 2 is 2.05 bits per heavy atom. The van der Waals surface area contributed by atoms with Crippen molar-refractivity contribution in [3.63, 3.8) is 0 Å². The molecule has 1 aromatic carbocycles. The third-order valence-electron chi connectivity index (χ3n) is 3.20. The van der Waals surface area contributed by atoms with Gasteiger partial charge in [-0.1, -0.05) is 19.1 Å². The number of benzene rings is 1. The van der Waals surface area contributed by atoms with Gasteiger partial charge in [0, 0.05) is 7.11 Å². The van der Waals surface area contributed by atoms with Crippen molar-refractivity contribution in [3.05, 3.63) is 53.0 Å². The number of furan rings is 1. The van der Waals surface area contributed by atoms with E-state index in [-0.39, 0.29) is 0 Å². The first kappa shape index (κ1) is 15.6. The Balaban J connectivity index is 1.94. The van der Waals surface area contributed by atoms with Gasteiger partial charge in [-0.15, -0.1) is 0 Å². The summed E-state index contributed by atoms with van der Waals surface area (Å²) in [6.07, 6.45) is 0. The molecule has 0 spiro atoms. The molecule has 0 bridgehead atoms. The van der Waals surface area contributed by atoms with Crippen molar-refractivity contribution in [2.75, 3.05) is 13.7 Å². The molecule has 0 unspecified atom stereocenters. The van der Waals surface area contributed by atoms with Crippen LogP contribution in [0.2, 0.25) is 0 Å². The summed E-state index contributed by atoms with van der Waals surface area (Å²) in [5, 5.41) is 3.27. The number of rotatable bonds is 8. The summed E-state index contributed by atoms with van der Waals surface area (Å²) in [5.74, 6) is 2.65. The van der Waals surface area contributed by atoms with Crippen LogP contribution in [-0.2, 0) is 24.5 Å². The number of methoxy groups -OCH3 is 1. The van der Waals surface area contributed by atoms with Crippen LogP contribution >= 0.6 is 0 Å². The summed E-state index contributed by atoms with van der Waals surface area (Å²) < 4.78 is 16.7. The van der Waals surface area contributed by atoms with Crippen LogP contribution in [0.5, 0.6) is 5.75 Å². The van der Waals surface area contributed by atoms with E-state index in [2.05, 4.69) is 19.2 Å². The molecule has 0 fully saturated rings. The maximum Gasteiger partial charge on any atom is 0.146 e. The lowest BCUT2D eigenvalue weighted by Gasteiger charge is -2.06. The summed E-state index contributed by atoms with van der Waals surface area (Å²) in [6.45, 7) is 6.84. The van der Waals surface area contributed by atoms with Crippen molar-refractivity contribution in [3.8, 4) is 5.75 Å². The Hall–Kier alpha value is -1.78. The van der Waals surface area contributed by atoms with Crippen LogP contribution < -0.4 is 10.1 Å². The van der Waals surface area contributed by atoms with Crippen molar-refractivity contribution in [2.45, 2.75) is 33.6 Å². The average molecular weight is 289 g/mol. The molecule has 2 rings (SSSR count). The van der Waals surface area contributed by atoms with Crippen LogP contribution in [0.25, 0.3) is 0 Å². The predicted molar refractivity (Wildman–Crippen MR) is 82.3 cm³/mol. The van der Waals surface area contributed by atoms with Gasteiger partial charge in [0.25, 0.3) is 0 Å². The standard InChI is InChI=1S/C17H23NO3/c1-4-18-10-17-13(2)8-16(21-17)12-20-15-7-5-6-14(9-15)11-19-3/h5-9,18H,4,10-12H2,1-3H3. The number of nitrogens with one attached hydrogen (secondary N) is 1. The zero-order valence-corrected chi connectivity index (χ0v) is 12.9. The second-order valence-electron chi connectivity index (χ2n) is 4.97. The van der Waals surface area contributed by atoms with Crippen molar-refractivity contribution in [2.24, 2.45) is 0 Å². The van der Waals surface area contributed by atoms with E-state index in [1.54, 1.807) is 7.11 Å². The van der Waals surface area contributed by atoms with Crippen molar-refractivity contribution in [1.29, 1.82) is 0 Å². The average Bonchev–Trinajstić information content (AvgIpc) is 2.84. The van der Waals surface area contributed by atoms with Gasteiger partial charge in [-0.2, -0.15) is 0 Å². The predicted octanol–water partition coefficient (Wildman–Crippen LogP) is 3.42. The molecule has 1 N–H and O–H groups in total. The molecule has 2 aromatic rings. The van der Waals surface area contributed by atoms with Gasteiger partial charge in [-0.25, -0.2) is 0 Å². The fourth-order valence-electron chi connectivity index (χ4n) is 2.12. The molecule has 0 amide bonds. The van der Waals surface area contributed by atoms with E-state index in [0.717, 1.165) is 41.5 Å². The number of ether oxygens (including phenoxy) is 2. The molecule has 1 heterocycles. The largest absolute Gasteiger partial charge is 0.486 e. The SMILES string of the molecule is CCNCc1oc(COc2cccc(COC)c2)cc1C. The monoisotopic (exact) mass is 289 g/mol. The fraction of sp³-hybridized carbons (Fsp3) is 0.412. The van der Waals surface area contributed by atoms with E-state index in [9.17, 15) is 0 Å². The summed E-state index contributed by atoms with van der Waals surface area (Å²) in [4.78, 5) is 0. The lowest BCUT2D eigenvalue weighted by Crippen LogP contribution is -2.11. The lowest BCUT2D eigenvalue weighted by molar-refractivity contribution is 0.184.